The van der Waals surface area contributed by atoms with E-state index >= 15 is 0 Å². The zero-order valence-corrected chi connectivity index (χ0v) is 15.1. The Morgan fingerprint density at radius 1 is 1.19 bits per heavy atom. The number of para-hydroxylation sites is 1. The lowest BCUT2D eigenvalue weighted by Gasteiger charge is -2.18. The van der Waals surface area contributed by atoms with Crippen molar-refractivity contribution in [2.45, 2.75) is 11.3 Å². The molecule has 0 bridgehead atoms. The normalized spacial score (nSPS) is 13.7. The molecule has 0 saturated carbocycles. The first kappa shape index (κ1) is 18.0. The topological polar surface area (TPSA) is 101 Å². The number of carbonyl (C=O) groups excluding carboxylic acids is 1. The summed E-state index contributed by atoms with van der Waals surface area (Å²) in [5, 5.41) is 11.2. The molecule has 0 atom stereocenters. The minimum absolute atomic E-state index is 0.00957. The van der Waals surface area contributed by atoms with E-state index in [0.717, 1.165) is 9.87 Å². The minimum atomic E-state index is -3.57. The van der Waals surface area contributed by atoms with Crippen molar-refractivity contribution < 1.29 is 18.1 Å². The number of carbonyl (C=O) groups is 1. The molecule has 2 aromatic carbocycles. The fourth-order valence-electron chi connectivity index (χ4n) is 2.92. The van der Waals surface area contributed by atoms with Gasteiger partial charge in [0.05, 0.1) is 9.82 Å². The third-order valence-corrected chi connectivity index (χ3v) is 6.11. The highest BCUT2D eigenvalue weighted by Crippen LogP contribution is 2.33. The maximum atomic E-state index is 12.8. The fraction of sp³-hybridized carbons (Fsp3) is 0.235. The lowest BCUT2D eigenvalue weighted by Crippen LogP contribution is -2.29. The van der Waals surface area contributed by atoms with Crippen molar-refractivity contribution in [1.82, 2.24) is 4.31 Å². The molecule has 9 heteroatoms. The number of sulfonamides is 1. The van der Waals surface area contributed by atoms with E-state index < -0.39 is 20.9 Å². The number of anilines is 1. The molecule has 0 aliphatic carbocycles. The average Bonchev–Trinajstić information content (AvgIpc) is 3.04. The van der Waals surface area contributed by atoms with Gasteiger partial charge in [-0.1, -0.05) is 12.1 Å². The van der Waals surface area contributed by atoms with Crippen molar-refractivity contribution in [3.8, 4) is 0 Å². The van der Waals surface area contributed by atoms with Gasteiger partial charge in [0.25, 0.3) is 11.6 Å². The molecule has 1 amide bonds. The Morgan fingerprint density at radius 3 is 2.54 bits per heavy atom. The Kier molecular flexibility index (Phi) is 4.51. The molecule has 1 aliphatic rings. The molecule has 136 valence electrons. The van der Waals surface area contributed by atoms with Crippen molar-refractivity contribution in [3.63, 3.8) is 0 Å². The van der Waals surface area contributed by atoms with Gasteiger partial charge in [-0.25, -0.2) is 12.7 Å². The summed E-state index contributed by atoms with van der Waals surface area (Å²) in [6, 6.07) is 10.4. The molecule has 0 fully saturated rings. The number of benzene rings is 2. The molecule has 8 nitrogen and oxygen atoms in total. The lowest BCUT2D eigenvalue weighted by atomic mass is 10.1. The van der Waals surface area contributed by atoms with Crippen molar-refractivity contribution >= 4 is 27.3 Å². The highest BCUT2D eigenvalue weighted by atomic mass is 32.2. The molecule has 0 unspecified atom stereocenters. The van der Waals surface area contributed by atoms with Crippen LogP contribution in [0.4, 0.5) is 11.4 Å². The first-order valence-corrected chi connectivity index (χ1v) is 9.28. The van der Waals surface area contributed by atoms with Gasteiger partial charge in [-0.3, -0.25) is 14.9 Å². The molecule has 2 aromatic rings. The summed E-state index contributed by atoms with van der Waals surface area (Å²) in [4.78, 5) is 25.0. The monoisotopic (exact) mass is 375 g/mol. The van der Waals surface area contributed by atoms with Crippen LogP contribution in [0.15, 0.2) is 47.4 Å². The van der Waals surface area contributed by atoms with Crippen molar-refractivity contribution in [2.24, 2.45) is 0 Å². The summed E-state index contributed by atoms with van der Waals surface area (Å²) in [6.07, 6.45) is 0.485. The highest BCUT2D eigenvalue weighted by Gasteiger charge is 2.31. The lowest BCUT2D eigenvalue weighted by molar-refractivity contribution is -0.385. The van der Waals surface area contributed by atoms with Gasteiger partial charge in [0.15, 0.2) is 0 Å². The summed E-state index contributed by atoms with van der Waals surface area (Å²) in [5.41, 5.74) is 1.05. The van der Waals surface area contributed by atoms with Gasteiger partial charge < -0.3 is 4.90 Å². The Hall–Kier alpha value is -2.78. The van der Waals surface area contributed by atoms with E-state index in [-0.39, 0.29) is 16.1 Å². The highest BCUT2D eigenvalue weighted by molar-refractivity contribution is 7.89. The van der Waals surface area contributed by atoms with Gasteiger partial charge in [-0.15, -0.1) is 0 Å². The third-order valence-electron chi connectivity index (χ3n) is 4.30. The summed E-state index contributed by atoms with van der Waals surface area (Å²) in [5.74, 6) is -0.473. The molecular weight excluding hydrogens is 358 g/mol. The standard InChI is InChI=1S/C17H17N3O5S/c1-18(2)26(24,25)13-7-8-15-12(11-13)9-10-19(15)17(21)14-5-3-4-6-16(14)20(22)23/h3-8,11H,9-10H2,1-2H3. The summed E-state index contributed by atoms with van der Waals surface area (Å²) in [6.45, 7) is 0.339. The van der Waals surface area contributed by atoms with Gasteiger partial charge in [0, 0.05) is 32.4 Å². The predicted octanol–water partition coefficient (Wildman–Crippen LogP) is 2.05. The fourth-order valence-corrected chi connectivity index (χ4v) is 3.87. The Bertz CT molecular complexity index is 1000. The number of nitro benzene ring substituents is 1. The number of nitrogens with zero attached hydrogens (tertiary/aromatic N) is 3. The van der Waals surface area contributed by atoms with E-state index in [1.165, 1.54) is 43.3 Å². The number of hydrogen-bond acceptors (Lipinski definition) is 5. The van der Waals surface area contributed by atoms with E-state index in [1.807, 2.05) is 0 Å². The molecule has 0 radical (unpaired) electrons. The van der Waals surface area contributed by atoms with Crippen LogP contribution in [0.25, 0.3) is 0 Å². The Morgan fingerprint density at radius 2 is 1.88 bits per heavy atom. The third kappa shape index (κ3) is 2.95. The van der Waals surface area contributed by atoms with Crippen LogP contribution >= 0.6 is 0 Å². The van der Waals surface area contributed by atoms with Crippen LogP contribution in [0.3, 0.4) is 0 Å². The molecule has 1 aliphatic heterocycles. The SMILES string of the molecule is CN(C)S(=O)(=O)c1ccc2c(c1)CCN2C(=O)c1ccccc1[N+](=O)[O-]. The van der Waals surface area contributed by atoms with E-state index in [1.54, 1.807) is 18.2 Å². The molecule has 0 saturated heterocycles. The van der Waals surface area contributed by atoms with E-state index in [0.29, 0.717) is 18.7 Å². The van der Waals surface area contributed by atoms with Crippen molar-refractivity contribution in [2.75, 3.05) is 25.5 Å². The summed E-state index contributed by atoms with van der Waals surface area (Å²) < 4.78 is 25.6. The zero-order chi connectivity index (χ0) is 19.1. The van der Waals surface area contributed by atoms with Crippen LogP contribution in [0.5, 0.6) is 0 Å². The second-order valence-electron chi connectivity index (χ2n) is 6.06. The van der Waals surface area contributed by atoms with Crippen LogP contribution in [0.1, 0.15) is 15.9 Å². The average molecular weight is 375 g/mol. The molecular formula is C17H17N3O5S. The predicted molar refractivity (Wildman–Crippen MR) is 95.8 cm³/mol. The summed E-state index contributed by atoms with van der Waals surface area (Å²) >= 11 is 0. The van der Waals surface area contributed by atoms with Gasteiger partial charge in [0.2, 0.25) is 10.0 Å². The van der Waals surface area contributed by atoms with Crippen LogP contribution < -0.4 is 4.90 Å². The number of fused-ring (bicyclic) bond motifs is 1. The maximum absolute atomic E-state index is 12.8. The van der Waals surface area contributed by atoms with Gasteiger partial charge in [0.1, 0.15) is 5.56 Å². The molecule has 3 rings (SSSR count). The van der Waals surface area contributed by atoms with Gasteiger partial charge >= 0.3 is 0 Å². The van der Waals surface area contributed by atoms with Crippen LogP contribution in [-0.2, 0) is 16.4 Å². The van der Waals surface area contributed by atoms with E-state index in [4.69, 9.17) is 0 Å². The molecule has 26 heavy (non-hydrogen) atoms. The zero-order valence-electron chi connectivity index (χ0n) is 14.2. The first-order valence-electron chi connectivity index (χ1n) is 7.84. The first-order chi connectivity index (χ1) is 12.2. The maximum Gasteiger partial charge on any atom is 0.282 e. The molecule has 0 spiro atoms. The smallest absolute Gasteiger partial charge is 0.282 e. The number of amides is 1. The second kappa shape index (κ2) is 6.50. The van der Waals surface area contributed by atoms with Crippen molar-refractivity contribution in [1.29, 1.82) is 0 Å². The van der Waals surface area contributed by atoms with Crippen molar-refractivity contribution in [3.05, 3.63) is 63.7 Å². The number of rotatable bonds is 4. The largest absolute Gasteiger partial charge is 0.308 e. The Balaban J connectivity index is 1.99. The van der Waals surface area contributed by atoms with E-state index in [2.05, 4.69) is 0 Å². The number of nitro groups is 1. The number of hydrogen-bond donors (Lipinski definition) is 0. The molecule has 0 N–H and O–H groups in total. The summed E-state index contributed by atoms with van der Waals surface area (Å²) in [7, 11) is -0.663. The van der Waals surface area contributed by atoms with E-state index in [9.17, 15) is 23.3 Å². The Labute approximate surface area is 150 Å². The van der Waals surface area contributed by atoms with Gasteiger partial charge in [-0.05, 0) is 36.2 Å². The van der Waals surface area contributed by atoms with Crippen LogP contribution in [-0.4, -0.2) is 44.2 Å². The van der Waals surface area contributed by atoms with Crippen LogP contribution in [0, 0.1) is 10.1 Å². The quantitative estimate of drug-likeness (QED) is 0.601. The van der Waals surface area contributed by atoms with Gasteiger partial charge in [-0.2, -0.15) is 0 Å². The minimum Gasteiger partial charge on any atom is -0.308 e. The second-order valence-corrected chi connectivity index (χ2v) is 8.21. The molecule has 1 heterocycles. The van der Waals surface area contributed by atoms with Crippen LogP contribution in [0.2, 0.25) is 0 Å². The molecule has 0 aromatic heterocycles.